The van der Waals surface area contributed by atoms with Crippen LogP contribution in [0.15, 0.2) is 5.38 Å². The van der Waals surface area contributed by atoms with Gasteiger partial charge in [0.1, 0.15) is 6.04 Å². The second-order valence-electron chi connectivity index (χ2n) is 5.68. The number of ketones is 1. The summed E-state index contributed by atoms with van der Waals surface area (Å²) in [6, 6.07) is -1.27. The summed E-state index contributed by atoms with van der Waals surface area (Å²) in [5, 5.41) is 15.2. The Morgan fingerprint density at radius 2 is 2.05 bits per heavy atom. The summed E-state index contributed by atoms with van der Waals surface area (Å²) in [7, 11) is 1.64. The number of aromatic nitrogens is 1. The molecule has 1 aromatic rings. The van der Waals surface area contributed by atoms with Crippen LogP contribution in [0.25, 0.3) is 0 Å². The van der Waals surface area contributed by atoms with E-state index in [1.807, 2.05) is 5.38 Å². The molecule has 0 radical (unpaired) electrons. The number of urea groups is 1. The van der Waals surface area contributed by atoms with Gasteiger partial charge in [-0.05, 0) is 6.92 Å². The van der Waals surface area contributed by atoms with Crippen LogP contribution in [0, 0.1) is 0 Å². The van der Waals surface area contributed by atoms with Gasteiger partial charge < -0.3 is 15.3 Å². The average Bonchev–Trinajstić information content (AvgIpc) is 2.91. The van der Waals surface area contributed by atoms with E-state index in [0.717, 1.165) is 10.7 Å². The maximum absolute atomic E-state index is 12.2. The molecule has 1 rings (SSSR count). The van der Waals surface area contributed by atoms with E-state index in [4.69, 9.17) is 0 Å². The monoisotopic (exact) mass is 327 g/mol. The molecule has 0 aliphatic heterocycles. The lowest BCUT2D eigenvalue weighted by Gasteiger charge is -2.24. The van der Waals surface area contributed by atoms with Crippen LogP contribution in [0.2, 0.25) is 0 Å². The van der Waals surface area contributed by atoms with Crippen LogP contribution in [0.1, 0.15) is 50.7 Å². The molecule has 6 nitrogen and oxygen atoms in total. The van der Waals surface area contributed by atoms with Crippen LogP contribution in [-0.4, -0.2) is 46.0 Å². The van der Waals surface area contributed by atoms with Crippen molar-refractivity contribution in [2.24, 2.45) is 0 Å². The molecule has 2 atom stereocenters. The van der Waals surface area contributed by atoms with Gasteiger partial charge in [0.15, 0.2) is 5.78 Å². The Kier molecular flexibility index (Phi) is 6.96. The van der Waals surface area contributed by atoms with Crippen molar-refractivity contribution in [2.75, 3.05) is 7.05 Å². The van der Waals surface area contributed by atoms with Crippen molar-refractivity contribution in [1.82, 2.24) is 15.2 Å². The largest absolute Gasteiger partial charge is 0.391 e. The highest BCUT2D eigenvalue weighted by Crippen LogP contribution is 2.19. The number of nitrogens with one attached hydrogen (secondary N) is 1. The number of aliphatic hydroxyl groups is 1. The van der Waals surface area contributed by atoms with Crippen molar-refractivity contribution in [3.63, 3.8) is 0 Å². The number of nitrogens with zero attached hydrogens (tertiary/aromatic N) is 2. The minimum absolute atomic E-state index is 0.187. The predicted octanol–water partition coefficient (Wildman–Crippen LogP) is 2.14. The summed E-state index contributed by atoms with van der Waals surface area (Å²) < 4.78 is 0. The maximum Gasteiger partial charge on any atom is 0.318 e. The van der Waals surface area contributed by atoms with Crippen molar-refractivity contribution in [2.45, 2.75) is 58.7 Å². The van der Waals surface area contributed by atoms with Crippen molar-refractivity contribution in [1.29, 1.82) is 0 Å². The fraction of sp³-hybridized carbons (Fsp3) is 0.667. The Bertz CT molecular complexity index is 514. The van der Waals surface area contributed by atoms with Gasteiger partial charge in [-0.25, -0.2) is 9.78 Å². The molecule has 124 valence electrons. The Hall–Kier alpha value is -1.47. The number of thiazole rings is 1. The fourth-order valence-electron chi connectivity index (χ4n) is 1.91. The molecular weight excluding hydrogens is 302 g/mol. The molecule has 0 aliphatic carbocycles. The smallest absolute Gasteiger partial charge is 0.318 e. The summed E-state index contributed by atoms with van der Waals surface area (Å²) >= 11 is 1.58. The van der Waals surface area contributed by atoms with Crippen molar-refractivity contribution in [3.8, 4) is 0 Å². The van der Waals surface area contributed by atoms with E-state index in [0.29, 0.717) is 12.5 Å². The summed E-state index contributed by atoms with van der Waals surface area (Å²) in [6.07, 6.45) is -0.653. The molecule has 1 heterocycles. The number of hydrogen-bond acceptors (Lipinski definition) is 5. The number of rotatable bonds is 7. The van der Waals surface area contributed by atoms with E-state index in [1.165, 1.54) is 11.8 Å². The summed E-state index contributed by atoms with van der Waals surface area (Å²) in [5.41, 5.74) is 0.821. The van der Waals surface area contributed by atoms with E-state index in [9.17, 15) is 14.7 Å². The molecule has 2 amide bonds. The van der Waals surface area contributed by atoms with Crippen molar-refractivity contribution >= 4 is 23.2 Å². The number of Topliss-reactive ketones (excluding diaryl/α,β-unsaturated/α-hetero) is 1. The summed E-state index contributed by atoms with van der Waals surface area (Å²) in [5.74, 6) is 0.173. The molecule has 1 aromatic heterocycles. The third-order valence-corrected chi connectivity index (χ3v) is 4.46. The standard InChI is InChI=1S/C15H25N3O3S/c1-6-12(20)13(10(4)19)17-15(21)18(5)7-11-8-22-14(16-11)9(2)3/h8-10,13,19H,6-7H2,1-5H3,(H,17,21). The van der Waals surface area contributed by atoms with Gasteiger partial charge >= 0.3 is 6.03 Å². The number of carbonyl (C=O) groups is 2. The molecule has 2 unspecified atom stereocenters. The van der Waals surface area contributed by atoms with Gasteiger partial charge in [0.25, 0.3) is 0 Å². The predicted molar refractivity (Wildman–Crippen MR) is 87.0 cm³/mol. The lowest BCUT2D eigenvalue weighted by atomic mass is 10.1. The van der Waals surface area contributed by atoms with Gasteiger partial charge in [0.05, 0.1) is 23.4 Å². The molecule has 2 N–H and O–H groups in total. The van der Waals surface area contributed by atoms with E-state index in [1.54, 1.807) is 25.3 Å². The van der Waals surface area contributed by atoms with Crippen LogP contribution in [0.5, 0.6) is 0 Å². The highest BCUT2D eigenvalue weighted by atomic mass is 32.1. The maximum atomic E-state index is 12.2. The SMILES string of the molecule is CCC(=O)C(NC(=O)N(C)Cc1csc(C(C)C)n1)C(C)O. The minimum Gasteiger partial charge on any atom is -0.391 e. The van der Waals surface area contributed by atoms with Gasteiger partial charge in [0.2, 0.25) is 0 Å². The highest BCUT2D eigenvalue weighted by molar-refractivity contribution is 7.09. The topological polar surface area (TPSA) is 82.5 Å². The van der Waals surface area contributed by atoms with Crippen LogP contribution in [0.3, 0.4) is 0 Å². The lowest BCUT2D eigenvalue weighted by Crippen LogP contribution is -2.51. The molecule has 0 bridgehead atoms. The molecular formula is C15H25N3O3S. The second kappa shape index (κ2) is 8.24. The minimum atomic E-state index is -0.920. The van der Waals surface area contributed by atoms with Gasteiger partial charge in [-0.2, -0.15) is 0 Å². The zero-order chi connectivity index (χ0) is 16.9. The molecule has 22 heavy (non-hydrogen) atoms. The Labute approximate surface area is 135 Å². The van der Waals surface area contributed by atoms with E-state index < -0.39 is 18.2 Å². The van der Waals surface area contributed by atoms with Crippen molar-refractivity contribution < 1.29 is 14.7 Å². The highest BCUT2D eigenvalue weighted by Gasteiger charge is 2.25. The Balaban J connectivity index is 2.65. The zero-order valence-corrected chi connectivity index (χ0v) is 14.6. The van der Waals surface area contributed by atoms with E-state index in [2.05, 4.69) is 24.1 Å². The number of aliphatic hydroxyl groups excluding tert-OH is 1. The normalized spacial score (nSPS) is 13.8. The van der Waals surface area contributed by atoms with Gasteiger partial charge in [-0.3, -0.25) is 4.79 Å². The molecule has 0 aliphatic rings. The molecule has 0 saturated heterocycles. The van der Waals surface area contributed by atoms with Gasteiger partial charge in [0, 0.05) is 24.8 Å². The van der Waals surface area contributed by atoms with Gasteiger partial charge in [-0.1, -0.05) is 20.8 Å². The fourth-order valence-corrected chi connectivity index (χ4v) is 2.73. The van der Waals surface area contributed by atoms with Crippen LogP contribution >= 0.6 is 11.3 Å². The van der Waals surface area contributed by atoms with Gasteiger partial charge in [-0.15, -0.1) is 11.3 Å². The number of carbonyl (C=O) groups excluding carboxylic acids is 2. The zero-order valence-electron chi connectivity index (χ0n) is 13.8. The molecule has 7 heteroatoms. The first kappa shape index (κ1) is 18.6. The Morgan fingerprint density at radius 3 is 2.50 bits per heavy atom. The van der Waals surface area contributed by atoms with Crippen molar-refractivity contribution in [3.05, 3.63) is 16.1 Å². The first-order valence-electron chi connectivity index (χ1n) is 7.42. The molecule has 0 saturated carbocycles. The third-order valence-electron chi connectivity index (χ3n) is 3.27. The lowest BCUT2D eigenvalue weighted by molar-refractivity contribution is -0.122. The third kappa shape index (κ3) is 5.06. The van der Waals surface area contributed by atoms with Crippen LogP contribution in [-0.2, 0) is 11.3 Å². The quantitative estimate of drug-likeness (QED) is 0.804. The summed E-state index contributed by atoms with van der Waals surface area (Å²) in [4.78, 5) is 29.8. The summed E-state index contributed by atoms with van der Waals surface area (Å²) in [6.45, 7) is 7.71. The molecule has 0 fully saturated rings. The molecule has 0 spiro atoms. The van der Waals surface area contributed by atoms with Crippen LogP contribution in [0.4, 0.5) is 4.79 Å². The van der Waals surface area contributed by atoms with E-state index in [-0.39, 0.29) is 12.2 Å². The van der Waals surface area contributed by atoms with E-state index >= 15 is 0 Å². The first-order chi connectivity index (χ1) is 10.3. The van der Waals surface area contributed by atoms with Crippen LogP contribution < -0.4 is 5.32 Å². The average molecular weight is 327 g/mol. The number of hydrogen-bond donors (Lipinski definition) is 2. The second-order valence-corrected chi connectivity index (χ2v) is 6.57. The number of amides is 2. The molecule has 0 aromatic carbocycles. The Morgan fingerprint density at radius 1 is 1.41 bits per heavy atom. The first-order valence-corrected chi connectivity index (χ1v) is 8.30.